The van der Waals surface area contributed by atoms with Crippen molar-refractivity contribution in [1.82, 2.24) is 0 Å². The summed E-state index contributed by atoms with van der Waals surface area (Å²) in [5, 5.41) is 0. The number of rotatable bonds is 6. The number of allylic oxidation sites excluding steroid dienone is 4. The first-order chi connectivity index (χ1) is 13.5. The fourth-order valence-corrected chi connectivity index (χ4v) is 3.51. The third-order valence-electron chi connectivity index (χ3n) is 4.76. The minimum atomic E-state index is -0.624. The summed E-state index contributed by atoms with van der Waals surface area (Å²) in [6.45, 7) is 10.2. The highest BCUT2D eigenvalue weighted by Crippen LogP contribution is 2.39. The Hall–Kier alpha value is -2.87. The lowest BCUT2D eigenvalue weighted by molar-refractivity contribution is 0.640. The second-order valence-electron chi connectivity index (χ2n) is 7.18. The normalized spacial score (nSPS) is 13.5. The molecule has 28 heavy (non-hydrogen) atoms. The van der Waals surface area contributed by atoms with Crippen LogP contribution in [0, 0.1) is 0 Å². The van der Waals surface area contributed by atoms with Crippen LogP contribution in [0.3, 0.4) is 0 Å². The van der Waals surface area contributed by atoms with Gasteiger partial charge in [0.05, 0.1) is 5.84 Å². The summed E-state index contributed by atoms with van der Waals surface area (Å²) in [7, 11) is 0. The Kier molecular flexibility index (Phi) is 8.01. The summed E-state index contributed by atoms with van der Waals surface area (Å²) in [4.78, 5) is 4.74. The standard InChI is InChI=1S/C18H20N2.C8H12/c1-14(2)18(20-15(3)19,16-10-6-4-7-11-16)17-12-8-5-9-13-17;1-2-5-8-6-3-4-7-8/h4-13H,1H2,2-3H3,(H2,19,20);3-4,6H,2,5,7H2,1H3. The number of aliphatic imine (C=N–C) groups is 1. The van der Waals surface area contributed by atoms with Crippen LogP contribution in [0.25, 0.3) is 0 Å². The van der Waals surface area contributed by atoms with Gasteiger partial charge in [-0.05, 0) is 43.4 Å². The van der Waals surface area contributed by atoms with E-state index in [1.807, 2.05) is 50.2 Å². The highest BCUT2D eigenvalue weighted by molar-refractivity contribution is 5.79. The third-order valence-corrected chi connectivity index (χ3v) is 4.76. The first-order valence-electron chi connectivity index (χ1n) is 9.94. The van der Waals surface area contributed by atoms with Crippen LogP contribution >= 0.6 is 0 Å². The van der Waals surface area contributed by atoms with Gasteiger partial charge in [0.1, 0.15) is 5.54 Å². The highest BCUT2D eigenvalue weighted by Gasteiger charge is 2.34. The van der Waals surface area contributed by atoms with Crippen LogP contribution in [0.1, 0.15) is 51.2 Å². The topological polar surface area (TPSA) is 38.4 Å². The average molecular weight is 373 g/mol. The molecule has 0 spiro atoms. The van der Waals surface area contributed by atoms with Gasteiger partial charge in [-0.1, -0.05) is 104 Å². The van der Waals surface area contributed by atoms with Gasteiger partial charge in [0.25, 0.3) is 0 Å². The summed E-state index contributed by atoms with van der Waals surface area (Å²) in [5.74, 6) is 0.542. The van der Waals surface area contributed by atoms with Crippen LogP contribution < -0.4 is 5.73 Å². The summed E-state index contributed by atoms with van der Waals surface area (Å²) >= 11 is 0. The fourth-order valence-electron chi connectivity index (χ4n) is 3.51. The van der Waals surface area contributed by atoms with Crippen molar-refractivity contribution >= 4 is 5.84 Å². The molecule has 0 radical (unpaired) electrons. The lowest BCUT2D eigenvalue weighted by atomic mass is 9.78. The predicted molar refractivity (Wildman–Crippen MR) is 123 cm³/mol. The van der Waals surface area contributed by atoms with Crippen LogP contribution in [-0.2, 0) is 5.54 Å². The zero-order chi connectivity index (χ0) is 20.4. The molecular weight excluding hydrogens is 340 g/mol. The molecule has 0 saturated carbocycles. The quantitative estimate of drug-likeness (QED) is 0.348. The van der Waals surface area contributed by atoms with Gasteiger partial charge in [-0.15, -0.1) is 0 Å². The van der Waals surface area contributed by atoms with Crippen LogP contribution in [-0.4, -0.2) is 5.84 Å². The first kappa shape index (κ1) is 21.4. The van der Waals surface area contributed by atoms with Gasteiger partial charge in [-0.25, -0.2) is 0 Å². The van der Waals surface area contributed by atoms with E-state index < -0.39 is 5.54 Å². The Morgan fingerprint density at radius 3 is 1.89 bits per heavy atom. The van der Waals surface area contributed by atoms with Crippen molar-refractivity contribution in [1.29, 1.82) is 0 Å². The van der Waals surface area contributed by atoms with Crippen LogP contribution in [0.15, 0.2) is 102 Å². The largest absolute Gasteiger partial charge is 0.388 e. The van der Waals surface area contributed by atoms with Crippen LogP contribution in [0.2, 0.25) is 0 Å². The summed E-state index contributed by atoms with van der Waals surface area (Å²) in [6.07, 6.45) is 10.4. The Morgan fingerprint density at radius 1 is 1.00 bits per heavy atom. The lowest BCUT2D eigenvalue weighted by Gasteiger charge is -2.32. The molecule has 1 aliphatic rings. The molecule has 2 heteroatoms. The van der Waals surface area contributed by atoms with E-state index in [9.17, 15) is 0 Å². The second-order valence-corrected chi connectivity index (χ2v) is 7.18. The van der Waals surface area contributed by atoms with Gasteiger partial charge < -0.3 is 5.73 Å². The smallest absolute Gasteiger partial charge is 0.133 e. The monoisotopic (exact) mass is 372 g/mol. The van der Waals surface area contributed by atoms with Gasteiger partial charge >= 0.3 is 0 Å². The summed E-state index contributed by atoms with van der Waals surface area (Å²) < 4.78 is 0. The molecule has 146 valence electrons. The predicted octanol–water partition coefficient (Wildman–Crippen LogP) is 6.56. The van der Waals surface area contributed by atoms with Gasteiger partial charge in [-0.3, -0.25) is 4.99 Å². The molecule has 0 fully saturated rings. The molecule has 3 rings (SSSR count). The van der Waals surface area contributed by atoms with Gasteiger partial charge in [0.2, 0.25) is 0 Å². The van der Waals surface area contributed by atoms with E-state index in [1.165, 1.54) is 19.3 Å². The molecular formula is C26H32N2. The Bertz CT molecular complexity index is 799. The molecule has 2 aromatic rings. The zero-order valence-corrected chi connectivity index (χ0v) is 17.4. The van der Waals surface area contributed by atoms with Gasteiger partial charge in [0, 0.05) is 0 Å². The van der Waals surface area contributed by atoms with E-state index in [0.29, 0.717) is 5.84 Å². The molecule has 0 saturated heterocycles. The van der Waals surface area contributed by atoms with Crippen molar-refractivity contribution in [2.75, 3.05) is 0 Å². The number of amidine groups is 1. The summed E-state index contributed by atoms with van der Waals surface area (Å²) in [5.41, 5.74) is 9.96. The van der Waals surface area contributed by atoms with Crippen LogP contribution in [0.4, 0.5) is 0 Å². The minimum Gasteiger partial charge on any atom is -0.388 e. The first-order valence-corrected chi connectivity index (χ1v) is 9.94. The molecule has 0 aliphatic heterocycles. The molecule has 0 aromatic heterocycles. The Balaban J connectivity index is 0.000000292. The van der Waals surface area contributed by atoms with Gasteiger partial charge in [-0.2, -0.15) is 0 Å². The maximum absolute atomic E-state index is 5.90. The van der Waals surface area contributed by atoms with E-state index in [-0.39, 0.29) is 0 Å². The maximum Gasteiger partial charge on any atom is 0.133 e. The fraction of sp³-hybridized carbons (Fsp3) is 0.269. The number of hydrogen-bond acceptors (Lipinski definition) is 1. The van der Waals surface area contributed by atoms with E-state index in [1.54, 1.807) is 5.57 Å². The molecule has 2 aromatic carbocycles. The number of nitrogens with zero attached hydrogens (tertiary/aromatic N) is 1. The second kappa shape index (κ2) is 10.5. The summed E-state index contributed by atoms with van der Waals surface area (Å²) in [6, 6.07) is 20.3. The minimum absolute atomic E-state index is 0.542. The molecule has 2 N–H and O–H groups in total. The number of nitrogens with two attached hydrogens (primary N) is 1. The molecule has 0 amide bonds. The SMILES string of the molecule is C=C(C)C(N=C(C)N)(c1ccccc1)c1ccccc1.CCCC1=CC=CC1. The van der Waals surface area contributed by atoms with Crippen LogP contribution in [0.5, 0.6) is 0 Å². The van der Waals surface area contributed by atoms with E-state index in [0.717, 1.165) is 16.7 Å². The van der Waals surface area contributed by atoms with Crippen molar-refractivity contribution in [2.45, 2.75) is 45.6 Å². The van der Waals surface area contributed by atoms with Crippen molar-refractivity contribution in [3.05, 3.63) is 108 Å². The molecule has 0 bridgehead atoms. The maximum atomic E-state index is 5.90. The van der Waals surface area contributed by atoms with E-state index >= 15 is 0 Å². The molecule has 0 heterocycles. The average Bonchev–Trinajstić information content (AvgIpc) is 3.21. The number of benzene rings is 2. The molecule has 1 aliphatic carbocycles. The Morgan fingerprint density at radius 2 is 1.54 bits per heavy atom. The van der Waals surface area contributed by atoms with Crippen molar-refractivity contribution in [3.63, 3.8) is 0 Å². The zero-order valence-electron chi connectivity index (χ0n) is 17.4. The van der Waals surface area contributed by atoms with Crippen molar-refractivity contribution < 1.29 is 0 Å². The van der Waals surface area contributed by atoms with E-state index in [2.05, 4.69) is 56.0 Å². The van der Waals surface area contributed by atoms with E-state index in [4.69, 9.17) is 10.7 Å². The molecule has 2 nitrogen and oxygen atoms in total. The highest BCUT2D eigenvalue weighted by atomic mass is 14.9. The number of hydrogen-bond donors (Lipinski definition) is 1. The van der Waals surface area contributed by atoms with Gasteiger partial charge in [0.15, 0.2) is 0 Å². The lowest BCUT2D eigenvalue weighted by Crippen LogP contribution is -2.29. The molecule has 0 atom stereocenters. The van der Waals surface area contributed by atoms with Crippen molar-refractivity contribution in [2.24, 2.45) is 10.7 Å². The molecule has 0 unspecified atom stereocenters. The third kappa shape index (κ3) is 5.32. The Labute approximate surface area is 170 Å². The van der Waals surface area contributed by atoms with Crippen molar-refractivity contribution in [3.8, 4) is 0 Å².